The second-order valence-corrected chi connectivity index (χ2v) is 3.23. The summed E-state index contributed by atoms with van der Waals surface area (Å²) in [5.41, 5.74) is 12.6. The minimum Gasteiger partial charge on any atom is -0.383 e. The lowest BCUT2D eigenvalue weighted by Gasteiger charge is -2.12. The quantitative estimate of drug-likeness (QED) is 0.810. The van der Waals surface area contributed by atoms with Gasteiger partial charge in [-0.3, -0.25) is 0 Å². The predicted octanol–water partition coefficient (Wildman–Crippen LogP) is 2.28. The number of nitrogens with zero attached hydrogens (tertiary/aromatic N) is 1. The molecule has 0 aliphatic carbocycles. The minimum atomic E-state index is 0. The number of hydrogen-bond acceptors (Lipinski definition) is 3. The van der Waals surface area contributed by atoms with Crippen molar-refractivity contribution in [1.29, 1.82) is 0 Å². The van der Waals surface area contributed by atoms with Gasteiger partial charge in [-0.1, -0.05) is 25.8 Å². The molecule has 80 valence electrons. The highest BCUT2D eigenvalue weighted by Crippen LogP contribution is 2.20. The first kappa shape index (κ1) is 13.2. The summed E-state index contributed by atoms with van der Waals surface area (Å²) < 4.78 is 0. The fourth-order valence-electron chi connectivity index (χ4n) is 1.32. The van der Waals surface area contributed by atoms with Gasteiger partial charge in [0.2, 0.25) is 0 Å². The van der Waals surface area contributed by atoms with Gasteiger partial charge in [-0.15, -0.1) is 12.4 Å². The predicted molar refractivity (Wildman–Crippen MR) is 62.4 cm³/mol. The van der Waals surface area contributed by atoms with Gasteiger partial charge in [-0.25, -0.2) is 4.98 Å². The summed E-state index contributed by atoms with van der Waals surface area (Å²) in [7, 11) is 0. The summed E-state index contributed by atoms with van der Waals surface area (Å²) >= 11 is 0. The van der Waals surface area contributed by atoms with Crippen LogP contribution in [0.3, 0.4) is 0 Å². The summed E-state index contributed by atoms with van der Waals surface area (Å²) in [5, 5.41) is 0. The van der Waals surface area contributed by atoms with Crippen molar-refractivity contribution in [2.75, 3.05) is 5.73 Å². The Morgan fingerprint density at radius 1 is 1.50 bits per heavy atom. The molecule has 1 heterocycles. The largest absolute Gasteiger partial charge is 0.383 e. The van der Waals surface area contributed by atoms with Crippen LogP contribution in [0.1, 0.15) is 37.8 Å². The standard InChI is InChI=1S/C10H17N3.ClH/c1-2-3-6-9(11)8-5-4-7-13-10(8)12;/h4-5,7,9H,2-3,6,11H2,1H3,(H2,12,13);1H/t9-;/m0./s1. The lowest BCUT2D eigenvalue weighted by Crippen LogP contribution is -2.12. The van der Waals surface area contributed by atoms with Crippen LogP contribution in [0.15, 0.2) is 18.3 Å². The molecule has 1 aromatic heterocycles. The van der Waals surface area contributed by atoms with Crippen molar-refractivity contribution in [3.63, 3.8) is 0 Å². The molecule has 1 rings (SSSR count). The van der Waals surface area contributed by atoms with E-state index in [0.29, 0.717) is 5.82 Å². The van der Waals surface area contributed by atoms with Gasteiger partial charge in [-0.2, -0.15) is 0 Å². The maximum atomic E-state index is 5.96. The molecule has 1 atom stereocenters. The lowest BCUT2D eigenvalue weighted by atomic mass is 10.0. The molecule has 4 heteroatoms. The van der Waals surface area contributed by atoms with Crippen molar-refractivity contribution in [1.82, 2.24) is 4.98 Å². The van der Waals surface area contributed by atoms with E-state index >= 15 is 0 Å². The van der Waals surface area contributed by atoms with E-state index in [0.717, 1.165) is 24.8 Å². The summed E-state index contributed by atoms with van der Waals surface area (Å²) in [6.45, 7) is 2.15. The smallest absolute Gasteiger partial charge is 0.128 e. The van der Waals surface area contributed by atoms with Crippen LogP contribution in [0, 0.1) is 0 Å². The first-order chi connectivity index (χ1) is 6.25. The molecule has 0 aliphatic heterocycles. The van der Waals surface area contributed by atoms with Crippen molar-refractivity contribution < 1.29 is 0 Å². The highest BCUT2D eigenvalue weighted by molar-refractivity contribution is 5.85. The van der Waals surface area contributed by atoms with Gasteiger partial charge in [0.25, 0.3) is 0 Å². The van der Waals surface area contributed by atoms with Crippen LogP contribution in [0.4, 0.5) is 5.82 Å². The maximum Gasteiger partial charge on any atom is 0.128 e. The van der Waals surface area contributed by atoms with E-state index in [4.69, 9.17) is 11.5 Å². The Morgan fingerprint density at radius 2 is 2.21 bits per heavy atom. The molecular formula is C10H18ClN3. The Labute approximate surface area is 91.3 Å². The normalized spacial score (nSPS) is 11.9. The topological polar surface area (TPSA) is 64.9 Å². The number of halogens is 1. The number of rotatable bonds is 4. The second kappa shape index (κ2) is 6.62. The third-order valence-corrected chi connectivity index (χ3v) is 2.14. The van der Waals surface area contributed by atoms with Crippen LogP contribution in [-0.2, 0) is 0 Å². The molecule has 0 amide bonds. The second-order valence-electron chi connectivity index (χ2n) is 3.23. The molecule has 1 aromatic rings. The van der Waals surface area contributed by atoms with E-state index in [9.17, 15) is 0 Å². The first-order valence-electron chi connectivity index (χ1n) is 4.71. The molecule has 4 N–H and O–H groups in total. The fourth-order valence-corrected chi connectivity index (χ4v) is 1.32. The summed E-state index contributed by atoms with van der Waals surface area (Å²) in [4.78, 5) is 4.01. The average molecular weight is 216 g/mol. The monoisotopic (exact) mass is 215 g/mol. The average Bonchev–Trinajstić information content (AvgIpc) is 2.15. The highest BCUT2D eigenvalue weighted by Gasteiger charge is 2.08. The summed E-state index contributed by atoms with van der Waals surface area (Å²) in [5.74, 6) is 0.561. The van der Waals surface area contributed by atoms with Crippen molar-refractivity contribution in [3.05, 3.63) is 23.9 Å². The Bertz CT molecular complexity index is 265. The van der Waals surface area contributed by atoms with Gasteiger partial charge in [0.15, 0.2) is 0 Å². The van der Waals surface area contributed by atoms with Crippen LogP contribution >= 0.6 is 12.4 Å². The van der Waals surface area contributed by atoms with Crippen molar-refractivity contribution in [2.24, 2.45) is 5.73 Å². The minimum absolute atomic E-state index is 0. The molecule has 0 unspecified atom stereocenters. The van der Waals surface area contributed by atoms with E-state index in [1.165, 1.54) is 0 Å². The number of aromatic nitrogens is 1. The van der Waals surface area contributed by atoms with E-state index in [2.05, 4.69) is 11.9 Å². The van der Waals surface area contributed by atoms with Crippen LogP contribution in [0.25, 0.3) is 0 Å². The first-order valence-corrected chi connectivity index (χ1v) is 4.71. The molecule has 0 aromatic carbocycles. The SMILES string of the molecule is CCCC[C@H](N)c1cccnc1N.Cl. The van der Waals surface area contributed by atoms with Gasteiger partial charge >= 0.3 is 0 Å². The van der Waals surface area contributed by atoms with Gasteiger partial charge in [0.05, 0.1) is 0 Å². The van der Waals surface area contributed by atoms with Crippen LogP contribution in [-0.4, -0.2) is 4.98 Å². The zero-order valence-corrected chi connectivity index (χ0v) is 9.26. The fraction of sp³-hybridized carbons (Fsp3) is 0.500. The number of hydrogen-bond donors (Lipinski definition) is 2. The Kier molecular flexibility index (Phi) is 6.25. The van der Waals surface area contributed by atoms with Crippen LogP contribution < -0.4 is 11.5 Å². The van der Waals surface area contributed by atoms with E-state index in [1.54, 1.807) is 6.20 Å². The number of pyridine rings is 1. The Balaban J connectivity index is 0.00000169. The summed E-state index contributed by atoms with van der Waals surface area (Å²) in [6, 6.07) is 3.86. The number of nitrogens with two attached hydrogens (primary N) is 2. The van der Waals surface area contributed by atoms with Crippen LogP contribution in [0.2, 0.25) is 0 Å². The molecule has 0 fully saturated rings. The Morgan fingerprint density at radius 3 is 2.79 bits per heavy atom. The van der Waals surface area contributed by atoms with Crippen molar-refractivity contribution in [2.45, 2.75) is 32.2 Å². The van der Waals surface area contributed by atoms with Gasteiger partial charge < -0.3 is 11.5 Å². The van der Waals surface area contributed by atoms with Gasteiger partial charge in [0.1, 0.15) is 5.82 Å². The van der Waals surface area contributed by atoms with E-state index in [-0.39, 0.29) is 18.4 Å². The molecule has 0 bridgehead atoms. The molecule has 14 heavy (non-hydrogen) atoms. The zero-order chi connectivity index (χ0) is 9.68. The van der Waals surface area contributed by atoms with Gasteiger partial charge in [-0.05, 0) is 12.5 Å². The zero-order valence-electron chi connectivity index (χ0n) is 8.44. The van der Waals surface area contributed by atoms with Crippen molar-refractivity contribution in [3.8, 4) is 0 Å². The van der Waals surface area contributed by atoms with Crippen molar-refractivity contribution >= 4 is 18.2 Å². The third-order valence-electron chi connectivity index (χ3n) is 2.14. The molecule has 0 radical (unpaired) electrons. The lowest BCUT2D eigenvalue weighted by molar-refractivity contribution is 0.603. The number of nitrogen functional groups attached to an aromatic ring is 1. The molecular weight excluding hydrogens is 198 g/mol. The third kappa shape index (κ3) is 3.52. The molecule has 0 saturated carbocycles. The summed E-state index contributed by atoms with van der Waals surface area (Å²) in [6.07, 6.45) is 4.96. The van der Waals surface area contributed by atoms with E-state index in [1.807, 2.05) is 12.1 Å². The number of anilines is 1. The molecule has 0 spiro atoms. The number of unbranched alkanes of at least 4 members (excludes halogenated alkanes) is 1. The molecule has 0 aliphatic rings. The maximum absolute atomic E-state index is 5.96. The highest BCUT2D eigenvalue weighted by atomic mass is 35.5. The Hall–Kier alpha value is -0.800. The van der Waals surface area contributed by atoms with Gasteiger partial charge in [0, 0.05) is 17.8 Å². The van der Waals surface area contributed by atoms with Crippen LogP contribution in [0.5, 0.6) is 0 Å². The molecule has 3 nitrogen and oxygen atoms in total. The van der Waals surface area contributed by atoms with E-state index < -0.39 is 0 Å². The molecule has 0 saturated heterocycles.